The van der Waals surface area contributed by atoms with E-state index in [0.29, 0.717) is 0 Å². The van der Waals surface area contributed by atoms with Gasteiger partial charge in [0, 0.05) is 0 Å². The van der Waals surface area contributed by atoms with Crippen LogP contribution < -0.4 is 12.4 Å². The van der Waals surface area contributed by atoms with E-state index in [1.807, 2.05) is 6.08 Å². The van der Waals surface area contributed by atoms with Crippen LogP contribution in [0.2, 0.25) is 0 Å². The minimum absolute atomic E-state index is 0. The molecular weight excluding hydrogens is 206 g/mol. The third-order valence-electron chi connectivity index (χ3n) is 2.49. The summed E-state index contributed by atoms with van der Waals surface area (Å²) < 4.78 is 1.11. The molecule has 0 aliphatic carbocycles. The fourth-order valence-corrected chi connectivity index (χ4v) is 1.58. The maximum absolute atomic E-state index is 3.73. The van der Waals surface area contributed by atoms with Crippen molar-refractivity contribution in [1.82, 2.24) is 0 Å². The number of nitrogens with zero attached hydrogens (tertiary/aromatic N) is 1. The molecule has 1 nitrogen and oxygen atoms in total. The monoisotopic (exact) mass is 233 g/mol. The Kier molecular flexibility index (Phi) is 12.2. The van der Waals surface area contributed by atoms with Gasteiger partial charge >= 0.3 is 0 Å². The van der Waals surface area contributed by atoms with Gasteiger partial charge in [0.25, 0.3) is 0 Å². The molecule has 0 saturated carbocycles. The number of quaternary nitrogens is 1. The Morgan fingerprint density at radius 2 is 1.33 bits per heavy atom. The molecule has 2 heteroatoms. The van der Waals surface area contributed by atoms with Crippen LogP contribution in [0.15, 0.2) is 12.7 Å². The Balaban J connectivity index is 0. The van der Waals surface area contributed by atoms with Gasteiger partial charge in [-0.15, -0.1) is 6.58 Å². The number of rotatable bonds is 9. The summed E-state index contributed by atoms with van der Waals surface area (Å²) in [4.78, 5) is 0. The van der Waals surface area contributed by atoms with Gasteiger partial charge in [0.15, 0.2) is 0 Å². The van der Waals surface area contributed by atoms with Crippen molar-refractivity contribution in [1.29, 1.82) is 0 Å². The molecule has 0 aliphatic heterocycles. The molecule has 0 bridgehead atoms. The fraction of sp³-hybridized carbons (Fsp3) is 0.846. The van der Waals surface area contributed by atoms with Gasteiger partial charge in [-0.25, -0.2) is 0 Å². The van der Waals surface area contributed by atoms with Gasteiger partial charge in [-0.2, -0.15) is 0 Å². The molecule has 92 valence electrons. The summed E-state index contributed by atoms with van der Waals surface area (Å²) in [5.41, 5.74) is 0. The molecule has 0 saturated heterocycles. The SMILES string of the molecule is C=CCCCCCCCC[N+](C)(C)C.[Cl-]. The first-order valence-corrected chi connectivity index (χ1v) is 5.97. The normalized spacial score (nSPS) is 10.9. The van der Waals surface area contributed by atoms with Crippen LogP contribution in [0.25, 0.3) is 0 Å². The third kappa shape index (κ3) is 16.7. The van der Waals surface area contributed by atoms with Crippen LogP contribution in [-0.2, 0) is 0 Å². The van der Waals surface area contributed by atoms with Crippen molar-refractivity contribution in [2.45, 2.75) is 44.9 Å². The van der Waals surface area contributed by atoms with Crippen LogP contribution in [0.5, 0.6) is 0 Å². The lowest BCUT2D eigenvalue weighted by molar-refractivity contribution is -0.870. The van der Waals surface area contributed by atoms with Crippen molar-refractivity contribution < 1.29 is 16.9 Å². The molecule has 0 fully saturated rings. The van der Waals surface area contributed by atoms with E-state index >= 15 is 0 Å². The van der Waals surface area contributed by atoms with Crippen molar-refractivity contribution in [3.63, 3.8) is 0 Å². The van der Waals surface area contributed by atoms with Crippen molar-refractivity contribution in [2.75, 3.05) is 27.7 Å². The van der Waals surface area contributed by atoms with Crippen molar-refractivity contribution in [2.24, 2.45) is 0 Å². The lowest BCUT2D eigenvalue weighted by Gasteiger charge is -2.23. The molecule has 0 atom stereocenters. The minimum Gasteiger partial charge on any atom is -1.00 e. The van der Waals surface area contributed by atoms with E-state index in [1.54, 1.807) is 0 Å². The Morgan fingerprint density at radius 1 is 0.867 bits per heavy atom. The Labute approximate surface area is 103 Å². The van der Waals surface area contributed by atoms with Crippen LogP contribution in [0.3, 0.4) is 0 Å². The summed E-state index contributed by atoms with van der Waals surface area (Å²) >= 11 is 0. The quantitative estimate of drug-likeness (QED) is 0.311. The van der Waals surface area contributed by atoms with Gasteiger partial charge < -0.3 is 16.9 Å². The summed E-state index contributed by atoms with van der Waals surface area (Å²) in [6.07, 6.45) is 11.5. The second kappa shape index (κ2) is 10.5. The summed E-state index contributed by atoms with van der Waals surface area (Å²) in [7, 11) is 6.80. The maximum Gasteiger partial charge on any atom is 0.0780 e. The average Bonchev–Trinajstić information content (AvgIpc) is 2.08. The van der Waals surface area contributed by atoms with Crippen molar-refractivity contribution in [3.8, 4) is 0 Å². The summed E-state index contributed by atoms with van der Waals surface area (Å²) in [5, 5.41) is 0. The predicted octanol–water partition coefficient (Wildman–Crippen LogP) is 0.613. The first-order chi connectivity index (χ1) is 6.56. The summed E-state index contributed by atoms with van der Waals surface area (Å²) in [6.45, 7) is 5.05. The molecular formula is C13H28ClN. The highest BCUT2D eigenvalue weighted by Crippen LogP contribution is 2.08. The maximum atomic E-state index is 3.73. The molecule has 0 amide bonds. The average molecular weight is 234 g/mol. The third-order valence-corrected chi connectivity index (χ3v) is 2.49. The molecule has 0 aromatic rings. The number of unbranched alkanes of at least 4 members (excludes halogenated alkanes) is 6. The summed E-state index contributed by atoms with van der Waals surface area (Å²) in [5.74, 6) is 0. The van der Waals surface area contributed by atoms with Crippen LogP contribution >= 0.6 is 0 Å². The zero-order valence-corrected chi connectivity index (χ0v) is 11.5. The van der Waals surface area contributed by atoms with Crippen molar-refractivity contribution >= 4 is 0 Å². The molecule has 0 N–H and O–H groups in total. The zero-order valence-electron chi connectivity index (χ0n) is 10.8. The van der Waals surface area contributed by atoms with Gasteiger partial charge in [0.05, 0.1) is 27.7 Å². The van der Waals surface area contributed by atoms with Crippen LogP contribution in [0.4, 0.5) is 0 Å². The first kappa shape index (κ1) is 17.4. The highest BCUT2D eigenvalue weighted by atomic mass is 35.5. The Hall–Kier alpha value is -0.0100. The highest BCUT2D eigenvalue weighted by Gasteiger charge is 2.04. The molecule has 0 aromatic carbocycles. The van der Waals surface area contributed by atoms with E-state index in [0.717, 1.165) is 4.48 Å². The van der Waals surface area contributed by atoms with Crippen molar-refractivity contribution in [3.05, 3.63) is 12.7 Å². The van der Waals surface area contributed by atoms with Crippen LogP contribution in [-0.4, -0.2) is 32.2 Å². The second-order valence-corrected chi connectivity index (χ2v) is 5.21. The minimum atomic E-state index is 0. The molecule has 15 heavy (non-hydrogen) atoms. The molecule has 0 unspecified atom stereocenters. The van der Waals surface area contributed by atoms with Gasteiger partial charge in [-0.1, -0.05) is 25.3 Å². The van der Waals surface area contributed by atoms with E-state index < -0.39 is 0 Å². The molecule has 0 aliphatic rings. The van der Waals surface area contributed by atoms with Gasteiger partial charge in [-0.3, -0.25) is 0 Å². The lowest BCUT2D eigenvalue weighted by Crippen LogP contribution is -3.00. The second-order valence-electron chi connectivity index (χ2n) is 5.21. The summed E-state index contributed by atoms with van der Waals surface area (Å²) in [6, 6.07) is 0. The molecule has 0 aromatic heterocycles. The highest BCUT2D eigenvalue weighted by molar-refractivity contribution is 4.65. The smallest absolute Gasteiger partial charge is 0.0780 e. The molecule has 0 spiro atoms. The predicted molar refractivity (Wildman–Crippen MR) is 65.4 cm³/mol. The van der Waals surface area contributed by atoms with Gasteiger partial charge in [0.2, 0.25) is 0 Å². The zero-order chi connectivity index (χ0) is 10.9. The molecule has 0 heterocycles. The first-order valence-electron chi connectivity index (χ1n) is 5.97. The lowest BCUT2D eigenvalue weighted by atomic mass is 10.1. The van der Waals surface area contributed by atoms with E-state index in [1.165, 1.54) is 51.5 Å². The van der Waals surface area contributed by atoms with E-state index in [4.69, 9.17) is 0 Å². The largest absolute Gasteiger partial charge is 1.00 e. The van der Waals surface area contributed by atoms with Crippen LogP contribution in [0.1, 0.15) is 44.9 Å². The van der Waals surface area contributed by atoms with E-state index in [9.17, 15) is 0 Å². The van der Waals surface area contributed by atoms with E-state index in [2.05, 4.69) is 27.7 Å². The molecule has 0 radical (unpaired) electrons. The van der Waals surface area contributed by atoms with Gasteiger partial charge in [0.1, 0.15) is 0 Å². The standard InChI is InChI=1S/C13H28N.ClH/c1-5-6-7-8-9-10-11-12-13-14(2,3)4;/h5H,1,6-13H2,2-4H3;1H/q+1;/p-1. The Morgan fingerprint density at radius 3 is 1.80 bits per heavy atom. The Bertz CT molecular complexity index is 138. The molecule has 0 rings (SSSR count). The van der Waals surface area contributed by atoms with E-state index in [-0.39, 0.29) is 12.4 Å². The van der Waals surface area contributed by atoms with Crippen LogP contribution in [0, 0.1) is 0 Å². The fourth-order valence-electron chi connectivity index (χ4n) is 1.58. The number of halogens is 1. The number of hydrogen-bond acceptors (Lipinski definition) is 0. The topological polar surface area (TPSA) is 0 Å². The van der Waals surface area contributed by atoms with Gasteiger partial charge in [-0.05, 0) is 25.7 Å². The number of hydrogen-bond donors (Lipinski definition) is 0. The number of allylic oxidation sites excluding steroid dienone is 1.